The number of amides is 1. The lowest BCUT2D eigenvalue weighted by molar-refractivity contribution is 0.0672. The van der Waals surface area contributed by atoms with Gasteiger partial charge >= 0.3 is 0 Å². The second-order valence-corrected chi connectivity index (χ2v) is 7.30. The molecule has 0 bridgehead atoms. The fourth-order valence-corrected chi connectivity index (χ4v) is 3.82. The third-order valence-electron chi connectivity index (χ3n) is 5.26. The van der Waals surface area contributed by atoms with Crippen LogP contribution in [0.2, 0.25) is 0 Å². The van der Waals surface area contributed by atoms with Gasteiger partial charge in [0, 0.05) is 37.2 Å². The Morgan fingerprint density at radius 2 is 1.76 bits per heavy atom. The highest BCUT2D eigenvalue weighted by atomic mass is 16.2. The van der Waals surface area contributed by atoms with Crippen molar-refractivity contribution >= 4 is 5.91 Å². The zero-order chi connectivity index (χ0) is 17.8. The third-order valence-corrected chi connectivity index (χ3v) is 5.26. The molecule has 0 radical (unpaired) electrons. The van der Waals surface area contributed by atoms with Crippen molar-refractivity contribution in [1.29, 1.82) is 0 Å². The summed E-state index contributed by atoms with van der Waals surface area (Å²) in [4.78, 5) is 15.0. The van der Waals surface area contributed by atoms with Gasteiger partial charge in [-0.05, 0) is 49.9 Å². The van der Waals surface area contributed by atoms with Gasteiger partial charge in [-0.25, -0.2) is 0 Å². The maximum atomic E-state index is 13.0. The minimum Gasteiger partial charge on any atom is -0.336 e. The first-order valence-electron chi connectivity index (χ1n) is 9.20. The zero-order valence-corrected chi connectivity index (χ0v) is 15.4. The highest BCUT2D eigenvalue weighted by molar-refractivity contribution is 5.94. The number of rotatable bonds is 5. The summed E-state index contributed by atoms with van der Waals surface area (Å²) < 4.78 is 0. The maximum absolute atomic E-state index is 13.0. The molecule has 2 unspecified atom stereocenters. The summed E-state index contributed by atoms with van der Waals surface area (Å²) in [6, 6.07) is 18.4. The second kappa shape index (κ2) is 7.83. The van der Waals surface area contributed by atoms with Crippen LogP contribution in [0.4, 0.5) is 0 Å². The smallest absolute Gasteiger partial charge is 0.254 e. The van der Waals surface area contributed by atoms with Crippen LogP contribution in [0.1, 0.15) is 41.3 Å². The molecule has 0 saturated carbocycles. The average molecular weight is 336 g/mol. The zero-order valence-electron chi connectivity index (χ0n) is 15.4. The first-order valence-corrected chi connectivity index (χ1v) is 9.20. The van der Waals surface area contributed by atoms with E-state index in [0.717, 1.165) is 25.2 Å². The first kappa shape index (κ1) is 17.7. The first-order chi connectivity index (χ1) is 12.1. The molecule has 2 aromatic rings. The Balaban J connectivity index is 1.80. The molecule has 1 amide bonds. The van der Waals surface area contributed by atoms with E-state index in [0.29, 0.717) is 11.8 Å². The van der Waals surface area contributed by atoms with Crippen LogP contribution < -0.4 is 5.32 Å². The normalized spacial score (nSPS) is 20.0. The van der Waals surface area contributed by atoms with Crippen molar-refractivity contribution in [2.24, 2.45) is 5.92 Å². The topological polar surface area (TPSA) is 32.3 Å². The van der Waals surface area contributed by atoms with E-state index in [1.54, 1.807) is 0 Å². The summed E-state index contributed by atoms with van der Waals surface area (Å²) in [5.41, 5.74) is 3.52. The number of hydrogen-bond donors (Lipinski definition) is 1. The molecule has 2 aromatic carbocycles. The Bertz CT molecular complexity index is 711. The van der Waals surface area contributed by atoms with Crippen LogP contribution in [0.5, 0.6) is 0 Å². The van der Waals surface area contributed by atoms with Gasteiger partial charge in [-0.3, -0.25) is 4.79 Å². The summed E-state index contributed by atoms with van der Waals surface area (Å²) in [5.74, 6) is 1.04. The van der Waals surface area contributed by atoms with Gasteiger partial charge in [-0.2, -0.15) is 0 Å². The summed E-state index contributed by atoms with van der Waals surface area (Å²) in [7, 11) is 0. The molecule has 1 aliphatic heterocycles. The minimum absolute atomic E-state index is 0.131. The van der Waals surface area contributed by atoms with Gasteiger partial charge in [-0.15, -0.1) is 0 Å². The van der Waals surface area contributed by atoms with Crippen molar-refractivity contribution in [2.75, 3.05) is 19.6 Å². The predicted molar refractivity (Wildman–Crippen MR) is 103 cm³/mol. The van der Waals surface area contributed by atoms with Crippen LogP contribution in [-0.4, -0.2) is 36.5 Å². The van der Waals surface area contributed by atoms with Crippen molar-refractivity contribution in [3.63, 3.8) is 0 Å². The Hall–Kier alpha value is -2.13. The van der Waals surface area contributed by atoms with Crippen molar-refractivity contribution in [2.45, 2.75) is 32.7 Å². The SMILES string of the molecule is Cc1ccccc1C1CNCC1CN(C(=O)c1ccccc1)C(C)C. The van der Waals surface area contributed by atoms with E-state index < -0.39 is 0 Å². The van der Waals surface area contributed by atoms with E-state index in [9.17, 15) is 4.79 Å². The van der Waals surface area contributed by atoms with Crippen LogP contribution in [0.25, 0.3) is 0 Å². The number of nitrogens with one attached hydrogen (secondary N) is 1. The Kier molecular flexibility index (Phi) is 5.54. The molecule has 2 atom stereocenters. The number of carbonyl (C=O) groups excluding carboxylic acids is 1. The molecule has 3 rings (SSSR count). The molecule has 1 heterocycles. The molecule has 132 valence electrons. The number of benzene rings is 2. The molecular weight excluding hydrogens is 308 g/mol. The van der Waals surface area contributed by atoms with Crippen LogP contribution >= 0.6 is 0 Å². The van der Waals surface area contributed by atoms with Gasteiger partial charge in [-0.1, -0.05) is 42.5 Å². The lowest BCUT2D eigenvalue weighted by Gasteiger charge is -2.32. The van der Waals surface area contributed by atoms with Gasteiger partial charge in [0.2, 0.25) is 0 Å². The Labute approximate surface area is 151 Å². The highest BCUT2D eigenvalue weighted by Crippen LogP contribution is 2.31. The van der Waals surface area contributed by atoms with E-state index in [2.05, 4.69) is 50.4 Å². The van der Waals surface area contributed by atoms with E-state index in [4.69, 9.17) is 0 Å². The van der Waals surface area contributed by atoms with Crippen LogP contribution in [-0.2, 0) is 0 Å². The second-order valence-electron chi connectivity index (χ2n) is 7.30. The van der Waals surface area contributed by atoms with Gasteiger partial charge in [0.1, 0.15) is 0 Å². The lowest BCUT2D eigenvalue weighted by atomic mass is 9.86. The van der Waals surface area contributed by atoms with Crippen molar-refractivity contribution in [3.05, 3.63) is 71.3 Å². The van der Waals surface area contributed by atoms with E-state index in [1.807, 2.05) is 35.2 Å². The Morgan fingerprint density at radius 1 is 1.08 bits per heavy atom. The molecule has 1 saturated heterocycles. The van der Waals surface area contributed by atoms with Gasteiger partial charge in [0.05, 0.1) is 0 Å². The van der Waals surface area contributed by atoms with E-state index >= 15 is 0 Å². The molecule has 1 fully saturated rings. The van der Waals surface area contributed by atoms with E-state index in [1.165, 1.54) is 11.1 Å². The maximum Gasteiger partial charge on any atom is 0.254 e. The molecule has 0 aromatic heterocycles. The molecule has 1 N–H and O–H groups in total. The fourth-order valence-electron chi connectivity index (χ4n) is 3.82. The number of aryl methyl sites for hydroxylation is 1. The van der Waals surface area contributed by atoms with E-state index in [-0.39, 0.29) is 11.9 Å². The number of carbonyl (C=O) groups is 1. The highest BCUT2D eigenvalue weighted by Gasteiger charge is 2.32. The summed E-state index contributed by atoms with van der Waals surface area (Å²) in [5, 5.41) is 3.53. The van der Waals surface area contributed by atoms with Gasteiger partial charge in [0.15, 0.2) is 0 Å². The number of hydrogen-bond acceptors (Lipinski definition) is 2. The lowest BCUT2D eigenvalue weighted by Crippen LogP contribution is -2.41. The van der Waals surface area contributed by atoms with Gasteiger partial charge in [0.25, 0.3) is 5.91 Å². The fraction of sp³-hybridized carbons (Fsp3) is 0.409. The molecular formula is C22H28N2O. The Morgan fingerprint density at radius 3 is 2.44 bits per heavy atom. The third kappa shape index (κ3) is 3.93. The van der Waals surface area contributed by atoms with Crippen LogP contribution in [0, 0.1) is 12.8 Å². The van der Waals surface area contributed by atoms with Crippen LogP contribution in [0.15, 0.2) is 54.6 Å². The quantitative estimate of drug-likeness (QED) is 0.899. The molecule has 25 heavy (non-hydrogen) atoms. The standard InChI is InChI=1S/C22H28N2O/c1-16(2)24(22(25)18-10-5-4-6-11-18)15-19-13-23-14-21(19)20-12-8-7-9-17(20)3/h4-12,16,19,21,23H,13-15H2,1-3H3. The van der Waals surface area contributed by atoms with Crippen molar-refractivity contribution in [3.8, 4) is 0 Å². The number of nitrogens with zero attached hydrogens (tertiary/aromatic N) is 1. The molecule has 3 heteroatoms. The van der Waals surface area contributed by atoms with Gasteiger partial charge < -0.3 is 10.2 Å². The summed E-state index contributed by atoms with van der Waals surface area (Å²) >= 11 is 0. The van der Waals surface area contributed by atoms with Crippen molar-refractivity contribution < 1.29 is 4.79 Å². The average Bonchev–Trinajstić information content (AvgIpc) is 3.08. The molecule has 3 nitrogen and oxygen atoms in total. The summed E-state index contributed by atoms with van der Waals surface area (Å²) in [6.45, 7) is 9.13. The molecule has 1 aliphatic rings. The molecule has 0 aliphatic carbocycles. The largest absolute Gasteiger partial charge is 0.336 e. The van der Waals surface area contributed by atoms with Crippen molar-refractivity contribution in [1.82, 2.24) is 10.2 Å². The minimum atomic E-state index is 0.131. The monoisotopic (exact) mass is 336 g/mol. The van der Waals surface area contributed by atoms with Crippen LogP contribution in [0.3, 0.4) is 0 Å². The summed E-state index contributed by atoms with van der Waals surface area (Å²) in [6.07, 6.45) is 0. The molecule has 0 spiro atoms. The predicted octanol–water partition coefficient (Wildman–Crippen LogP) is 3.85.